The van der Waals surface area contributed by atoms with Crippen LogP contribution in [0.5, 0.6) is 5.75 Å². The Morgan fingerprint density at radius 2 is 1.91 bits per heavy atom. The normalized spacial score (nSPS) is 13.3. The van der Waals surface area contributed by atoms with Crippen LogP contribution in [-0.4, -0.2) is 39.3 Å². The molecule has 8 heteroatoms. The van der Waals surface area contributed by atoms with Gasteiger partial charge < -0.3 is 10.1 Å². The van der Waals surface area contributed by atoms with E-state index in [1.807, 2.05) is 20.8 Å². The smallest absolute Gasteiger partial charge is 0.244 e. The molecule has 1 aromatic carbocycles. The summed E-state index contributed by atoms with van der Waals surface area (Å²) in [6, 6.07) is 3.65. The number of nitrogens with zero attached hydrogens (tertiary/aromatic N) is 1. The number of halogens is 1. The molecule has 0 radical (unpaired) electrons. The maximum atomic E-state index is 12.4. The third kappa shape index (κ3) is 5.28. The zero-order valence-corrected chi connectivity index (χ0v) is 15.7. The van der Waals surface area contributed by atoms with Crippen molar-refractivity contribution in [2.75, 3.05) is 17.7 Å². The number of benzene rings is 1. The molecule has 0 aliphatic rings. The lowest BCUT2D eigenvalue weighted by atomic mass is 10.1. The molecule has 130 valence electrons. The molecule has 6 nitrogen and oxygen atoms in total. The van der Waals surface area contributed by atoms with Crippen molar-refractivity contribution in [3.05, 3.63) is 23.2 Å². The van der Waals surface area contributed by atoms with Gasteiger partial charge in [0.2, 0.25) is 15.9 Å². The van der Waals surface area contributed by atoms with Crippen molar-refractivity contribution in [2.45, 2.75) is 39.3 Å². The molecule has 1 amide bonds. The summed E-state index contributed by atoms with van der Waals surface area (Å²) < 4.78 is 30.8. The minimum Gasteiger partial charge on any atom is -0.495 e. The molecule has 0 bridgehead atoms. The van der Waals surface area contributed by atoms with Crippen molar-refractivity contribution < 1.29 is 17.9 Å². The molecule has 1 unspecified atom stereocenters. The first-order chi connectivity index (χ1) is 10.4. The van der Waals surface area contributed by atoms with Gasteiger partial charge in [0.25, 0.3) is 0 Å². The maximum Gasteiger partial charge on any atom is 0.244 e. The van der Waals surface area contributed by atoms with Gasteiger partial charge in [-0.05, 0) is 45.9 Å². The van der Waals surface area contributed by atoms with Gasteiger partial charge >= 0.3 is 0 Å². The summed E-state index contributed by atoms with van der Waals surface area (Å²) in [6.07, 6.45) is 1.04. The molecule has 0 saturated heterocycles. The molecule has 0 saturated carbocycles. The van der Waals surface area contributed by atoms with Crippen molar-refractivity contribution in [2.24, 2.45) is 0 Å². The van der Waals surface area contributed by atoms with Gasteiger partial charge in [0.1, 0.15) is 11.8 Å². The quantitative estimate of drug-likeness (QED) is 0.872. The summed E-state index contributed by atoms with van der Waals surface area (Å²) in [7, 11) is -2.31. The lowest BCUT2D eigenvalue weighted by molar-refractivity contribution is -0.123. The van der Waals surface area contributed by atoms with Crippen LogP contribution in [0.25, 0.3) is 0 Å². The van der Waals surface area contributed by atoms with Crippen LogP contribution in [0.1, 0.15) is 27.7 Å². The Bertz CT molecular complexity index is 683. The Hall–Kier alpha value is -1.47. The topological polar surface area (TPSA) is 75.7 Å². The molecular weight excluding hydrogens is 340 g/mol. The van der Waals surface area contributed by atoms with E-state index in [1.54, 1.807) is 12.1 Å². The average molecular weight is 363 g/mol. The maximum absolute atomic E-state index is 12.4. The molecule has 1 rings (SSSR count). The van der Waals surface area contributed by atoms with E-state index in [0.29, 0.717) is 10.8 Å². The predicted molar refractivity (Wildman–Crippen MR) is 92.7 cm³/mol. The van der Waals surface area contributed by atoms with E-state index in [9.17, 15) is 13.2 Å². The highest BCUT2D eigenvalue weighted by molar-refractivity contribution is 7.92. The molecule has 0 spiro atoms. The molecule has 1 atom stereocenters. The van der Waals surface area contributed by atoms with Crippen molar-refractivity contribution in [3.8, 4) is 5.75 Å². The van der Waals surface area contributed by atoms with E-state index in [2.05, 4.69) is 5.32 Å². The minimum absolute atomic E-state index is 0.221. The number of amides is 1. The van der Waals surface area contributed by atoms with Gasteiger partial charge in [-0.3, -0.25) is 9.10 Å². The Morgan fingerprint density at radius 1 is 1.35 bits per heavy atom. The van der Waals surface area contributed by atoms with E-state index < -0.39 is 27.5 Å². The Labute approximate surface area is 142 Å². The molecule has 1 N–H and O–H groups in total. The number of carbonyl (C=O) groups is 1. The van der Waals surface area contributed by atoms with Gasteiger partial charge in [-0.25, -0.2) is 8.42 Å². The average Bonchev–Trinajstić information content (AvgIpc) is 2.35. The van der Waals surface area contributed by atoms with E-state index in [-0.39, 0.29) is 5.69 Å². The van der Waals surface area contributed by atoms with Crippen LogP contribution in [-0.2, 0) is 14.8 Å². The van der Waals surface area contributed by atoms with Gasteiger partial charge in [0.15, 0.2) is 0 Å². The first-order valence-corrected chi connectivity index (χ1v) is 9.24. The number of sulfonamides is 1. The highest BCUT2D eigenvalue weighted by atomic mass is 35.5. The number of ether oxygens (including phenoxy) is 1. The number of rotatable bonds is 5. The van der Waals surface area contributed by atoms with Crippen LogP contribution in [0, 0.1) is 0 Å². The van der Waals surface area contributed by atoms with E-state index in [1.165, 1.54) is 20.1 Å². The second-order valence-electron chi connectivity index (χ2n) is 6.29. The Morgan fingerprint density at radius 3 is 2.35 bits per heavy atom. The Balaban J connectivity index is 3.38. The zero-order chi connectivity index (χ0) is 18.0. The molecule has 0 aliphatic heterocycles. The first-order valence-electron chi connectivity index (χ1n) is 7.02. The highest BCUT2D eigenvalue weighted by Crippen LogP contribution is 2.34. The standard InChI is InChI=1S/C15H23ClN2O4S/c1-10(14(19)17-15(2,3)4)18(23(6,20)21)12-9-11(16)7-8-13(12)22-5/h7-10H,1-6H3,(H,17,19). The van der Waals surface area contributed by atoms with Gasteiger partial charge in [0, 0.05) is 10.6 Å². The summed E-state index contributed by atoms with van der Waals surface area (Å²) in [5.41, 5.74) is -0.258. The number of hydrogen-bond donors (Lipinski definition) is 1. The van der Waals surface area contributed by atoms with Gasteiger partial charge in [0.05, 0.1) is 19.1 Å². The molecule has 23 heavy (non-hydrogen) atoms. The second-order valence-corrected chi connectivity index (χ2v) is 8.59. The monoisotopic (exact) mass is 362 g/mol. The summed E-state index contributed by atoms with van der Waals surface area (Å²) >= 11 is 5.98. The number of nitrogens with one attached hydrogen (secondary N) is 1. The third-order valence-corrected chi connectivity index (χ3v) is 4.43. The number of hydrogen-bond acceptors (Lipinski definition) is 4. The van der Waals surface area contributed by atoms with Crippen molar-refractivity contribution >= 4 is 33.2 Å². The fourth-order valence-electron chi connectivity index (χ4n) is 2.09. The van der Waals surface area contributed by atoms with Crippen LogP contribution >= 0.6 is 11.6 Å². The predicted octanol–water partition coefficient (Wildman–Crippen LogP) is 2.42. The summed E-state index contributed by atoms with van der Waals surface area (Å²) in [4.78, 5) is 12.4. The van der Waals surface area contributed by atoms with E-state index >= 15 is 0 Å². The fourth-order valence-corrected chi connectivity index (χ4v) is 3.43. The van der Waals surface area contributed by atoms with Crippen molar-refractivity contribution in [3.63, 3.8) is 0 Å². The lowest BCUT2D eigenvalue weighted by Crippen LogP contribution is -2.52. The van der Waals surface area contributed by atoms with Gasteiger partial charge in [-0.2, -0.15) is 0 Å². The lowest BCUT2D eigenvalue weighted by Gasteiger charge is -2.31. The van der Waals surface area contributed by atoms with Crippen LogP contribution < -0.4 is 14.4 Å². The van der Waals surface area contributed by atoms with Gasteiger partial charge in [-0.1, -0.05) is 11.6 Å². The van der Waals surface area contributed by atoms with E-state index in [0.717, 1.165) is 10.6 Å². The van der Waals surface area contributed by atoms with Crippen LogP contribution in [0.3, 0.4) is 0 Å². The number of methoxy groups -OCH3 is 1. The number of anilines is 1. The van der Waals surface area contributed by atoms with E-state index in [4.69, 9.17) is 16.3 Å². The molecule has 0 heterocycles. The molecule has 1 aromatic rings. The second kappa shape index (κ2) is 6.97. The summed E-state index contributed by atoms with van der Waals surface area (Å²) in [5.74, 6) is -0.0970. The van der Waals surface area contributed by atoms with Crippen molar-refractivity contribution in [1.29, 1.82) is 0 Å². The third-order valence-electron chi connectivity index (χ3n) is 2.97. The van der Waals surface area contributed by atoms with Crippen LogP contribution in [0.4, 0.5) is 5.69 Å². The first kappa shape index (κ1) is 19.6. The minimum atomic E-state index is -3.73. The summed E-state index contributed by atoms with van der Waals surface area (Å²) in [6.45, 7) is 6.98. The van der Waals surface area contributed by atoms with Crippen LogP contribution in [0.2, 0.25) is 5.02 Å². The molecule has 0 aromatic heterocycles. The fraction of sp³-hybridized carbons (Fsp3) is 0.533. The molecule has 0 fully saturated rings. The van der Waals surface area contributed by atoms with Crippen LogP contribution in [0.15, 0.2) is 18.2 Å². The zero-order valence-electron chi connectivity index (χ0n) is 14.2. The highest BCUT2D eigenvalue weighted by Gasteiger charge is 2.32. The Kier molecular flexibility index (Phi) is 5.93. The largest absolute Gasteiger partial charge is 0.495 e. The van der Waals surface area contributed by atoms with Crippen molar-refractivity contribution in [1.82, 2.24) is 5.32 Å². The number of carbonyl (C=O) groups excluding carboxylic acids is 1. The molecule has 0 aliphatic carbocycles. The molecular formula is C15H23ClN2O4S. The SMILES string of the molecule is COc1ccc(Cl)cc1N(C(C)C(=O)NC(C)(C)C)S(C)(=O)=O. The van der Waals surface area contributed by atoms with Gasteiger partial charge in [-0.15, -0.1) is 0 Å². The summed E-state index contributed by atoms with van der Waals surface area (Å²) in [5, 5.41) is 3.12.